The second-order valence-corrected chi connectivity index (χ2v) is 7.05. The topological polar surface area (TPSA) is 108 Å². The van der Waals surface area contributed by atoms with E-state index in [0.717, 1.165) is 11.3 Å². The van der Waals surface area contributed by atoms with Crippen molar-refractivity contribution in [2.75, 3.05) is 12.4 Å². The first-order chi connectivity index (χ1) is 13.9. The number of halogens is 1. The second kappa shape index (κ2) is 8.72. The third-order valence-electron chi connectivity index (χ3n) is 3.74. The minimum Gasteiger partial charge on any atom is -0.465 e. The van der Waals surface area contributed by atoms with Crippen LogP contribution in [0, 0.1) is 10.1 Å². The molecule has 0 fully saturated rings. The summed E-state index contributed by atoms with van der Waals surface area (Å²) in [6, 6.07) is 13.7. The average Bonchev–Trinajstić information content (AvgIpc) is 3.11. The number of nitro groups is 1. The van der Waals surface area contributed by atoms with Gasteiger partial charge in [-0.3, -0.25) is 15.4 Å². The molecule has 0 aliphatic heterocycles. The SMILES string of the molecule is COC(=O)c1sc(-c2ccccc2Cl)cc1NC(=O)Oc1ccc([N+](=O)[O-])cc1. The lowest BCUT2D eigenvalue weighted by atomic mass is 10.2. The first-order valence-electron chi connectivity index (χ1n) is 8.09. The Labute approximate surface area is 173 Å². The Kier molecular flexibility index (Phi) is 6.10. The van der Waals surface area contributed by atoms with Crippen molar-refractivity contribution in [2.45, 2.75) is 0 Å². The molecule has 0 saturated heterocycles. The molecule has 2 aromatic carbocycles. The highest BCUT2D eigenvalue weighted by Gasteiger charge is 2.21. The zero-order valence-corrected chi connectivity index (χ0v) is 16.5. The minimum atomic E-state index is -0.868. The number of carbonyl (C=O) groups is 2. The molecule has 8 nitrogen and oxygen atoms in total. The van der Waals surface area contributed by atoms with Gasteiger partial charge in [-0.25, -0.2) is 9.59 Å². The number of non-ortho nitro benzene ring substituents is 1. The number of amides is 1. The molecule has 0 unspecified atom stereocenters. The fraction of sp³-hybridized carbons (Fsp3) is 0.0526. The van der Waals surface area contributed by atoms with E-state index < -0.39 is 17.0 Å². The van der Waals surface area contributed by atoms with Gasteiger partial charge in [0.2, 0.25) is 0 Å². The van der Waals surface area contributed by atoms with Gasteiger partial charge in [0.05, 0.1) is 17.7 Å². The van der Waals surface area contributed by atoms with E-state index >= 15 is 0 Å². The van der Waals surface area contributed by atoms with Crippen molar-refractivity contribution >= 4 is 46.4 Å². The Balaban J connectivity index is 1.83. The second-order valence-electron chi connectivity index (χ2n) is 5.59. The Morgan fingerprint density at radius 1 is 1.14 bits per heavy atom. The smallest absolute Gasteiger partial charge is 0.417 e. The van der Waals surface area contributed by atoms with Crippen LogP contribution in [0.3, 0.4) is 0 Å². The van der Waals surface area contributed by atoms with Crippen LogP contribution in [0.4, 0.5) is 16.2 Å². The van der Waals surface area contributed by atoms with Gasteiger partial charge in [-0.1, -0.05) is 29.8 Å². The highest BCUT2D eigenvalue weighted by Crippen LogP contribution is 2.38. The van der Waals surface area contributed by atoms with Crippen molar-refractivity contribution in [3.05, 3.63) is 74.6 Å². The molecule has 0 aliphatic carbocycles. The lowest BCUT2D eigenvalue weighted by molar-refractivity contribution is -0.384. The highest BCUT2D eigenvalue weighted by atomic mass is 35.5. The minimum absolute atomic E-state index is 0.106. The van der Waals surface area contributed by atoms with Crippen molar-refractivity contribution in [2.24, 2.45) is 0 Å². The summed E-state index contributed by atoms with van der Waals surface area (Å²) in [5.41, 5.74) is 0.762. The summed E-state index contributed by atoms with van der Waals surface area (Å²) in [7, 11) is 1.23. The van der Waals surface area contributed by atoms with Gasteiger partial charge in [0, 0.05) is 27.6 Å². The molecule has 148 valence electrons. The fourth-order valence-electron chi connectivity index (χ4n) is 2.40. The van der Waals surface area contributed by atoms with Crippen LogP contribution in [0.15, 0.2) is 54.6 Å². The van der Waals surface area contributed by atoms with Gasteiger partial charge in [0.1, 0.15) is 10.6 Å². The van der Waals surface area contributed by atoms with Crippen LogP contribution in [0.2, 0.25) is 5.02 Å². The van der Waals surface area contributed by atoms with Crippen LogP contribution in [-0.2, 0) is 4.74 Å². The molecule has 1 heterocycles. The maximum absolute atomic E-state index is 12.2. The van der Waals surface area contributed by atoms with Gasteiger partial charge in [0.25, 0.3) is 5.69 Å². The normalized spacial score (nSPS) is 10.3. The zero-order chi connectivity index (χ0) is 21.0. The molecule has 29 heavy (non-hydrogen) atoms. The standard InChI is InChI=1S/C19H13ClN2O6S/c1-27-18(23)17-15(10-16(29-17)13-4-2-3-5-14(13)20)21-19(24)28-12-8-6-11(7-9-12)22(25)26/h2-10H,1H3,(H,21,24). The molecule has 10 heteroatoms. The largest absolute Gasteiger partial charge is 0.465 e. The van der Waals surface area contributed by atoms with Crippen molar-refractivity contribution < 1.29 is 24.0 Å². The highest BCUT2D eigenvalue weighted by molar-refractivity contribution is 7.18. The molecular formula is C19H13ClN2O6S. The van der Waals surface area contributed by atoms with Crippen molar-refractivity contribution in [1.29, 1.82) is 0 Å². The molecule has 0 radical (unpaired) electrons. The monoisotopic (exact) mass is 432 g/mol. The number of thiophene rings is 1. The van der Waals surface area contributed by atoms with E-state index in [1.54, 1.807) is 30.3 Å². The van der Waals surface area contributed by atoms with Crippen LogP contribution in [0.25, 0.3) is 10.4 Å². The number of methoxy groups -OCH3 is 1. The summed E-state index contributed by atoms with van der Waals surface area (Å²) < 4.78 is 9.89. The first kappa shape index (κ1) is 20.3. The van der Waals surface area contributed by atoms with Gasteiger partial charge < -0.3 is 9.47 Å². The number of nitro benzene ring substituents is 1. The number of anilines is 1. The van der Waals surface area contributed by atoms with E-state index in [-0.39, 0.29) is 22.0 Å². The van der Waals surface area contributed by atoms with Gasteiger partial charge in [-0.2, -0.15) is 0 Å². The molecule has 3 aromatic rings. The number of ether oxygens (including phenoxy) is 2. The molecule has 1 N–H and O–H groups in total. The lowest BCUT2D eigenvalue weighted by Crippen LogP contribution is -2.18. The van der Waals surface area contributed by atoms with E-state index in [4.69, 9.17) is 21.1 Å². The molecule has 0 saturated carbocycles. The van der Waals surface area contributed by atoms with E-state index in [1.165, 1.54) is 31.4 Å². The van der Waals surface area contributed by atoms with Crippen LogP contribution < -0.4 is 10.1 Å². The predicted molar refractivity (Wildman–Crippen MR) is 109 cm³/mol. The quantitative estimate of drug-likeness (QED) is 0.329. The summed E-state index contributed by atoms with van der Waals surface area (Å²) in [5, 5.41) is 13.7. The van der Waals surface area contributed by atoms with Gasteiger partial charge in [-0.05, 0) is 24.3 Å². The van der Waals surface area contributed by atoms with E-state index in [9.17, 15) is 19.7 Å². The molecule has 0 aliphatic rings. The molecule has 0 bridgehead atoms. The zero-order valence-electron chi connectivity index (χ0n) is 14.9. The Bertz CT molecular complexity index is 1080. The number of nitrogens with one attached hydrogen (secondary N) is 1. The van der Waals surface area contributed by atoms with Gasteiger partial charge in [0.15, 0.2) is 0 Å². The molecule has 1 aromatic heterocycles. The number of hydrogen-bond donors (Lipinski definition) is 1. The number of benzene rings is 2. The van der Waals surface area contributed by atoms with Crippen LogP contribution in [0.1, 0.15) is 9.67 Å². The van der Waals surface area contributed by atoms with Gasteiger partial charge >= 0.3 is 12.1 Å². The lowest BCUT2D eigenvalue weighted by Gasteiger charge is -2.06. The van der Waals surface area contributed by atoms with Crippen LogP contribution in [0.5, 0.6) is 5.75 Å². The molecule has 0 atom stereocenters. The summed E-state index contributed by atoms with van der Waals surface area (Å²) >= 11 is 7.32. The van der Waals surface area contributed by atoms with E-state index in [2.05, 4.69) is 5.32 Å². The molecule has 1 amide bonds. The number of rotatable bonds is 5. The third kappa shape index (κ3) is 4.71. The third-order valence-corrected chi connectivity index (χ3v) is 5.21. The van der Waals surface area contributed by atoms with Crippen molar-refractivity contribution in [3.8, 4) is 16.2 Å². The maximum atomic E-state index is 12.2. The van der Waals surface area contributed by atoms with E-state index in [1.807, 2.05) is 0 Å². The summed E-state index contributed by atoms with van der Waals surface area (Å²) in [6.45, 7) is 0. The molecule has 3 rings (SSSR count). The Morgan fingerprint density at radius 3 is 2.45 bits per heavy atom. The number of carbonyl (C=O) groups excluding carboxylic acids is 2. The van der Waals surface area contributed by atoms with Gasteiger partial charge in [-0.15, -0.1) is 11.3 Å². The average molecular weight is 433 g/mol. The van der Waals surface area contributed by atoms with Crippen LogP contribution in [-0.4, -0.2) is 24.1 Å². The van der Waals surface area contributed by atoms with E-state index in [0.29, 0.717) is 15.5 Å². The molecular weight excluding hydrogens is 420 g/mol. The summed E-state index contributed by atoms with van der Waals surface area (Å²) in [6.07, 6.45) is -0.868. The van der Waals surface area contributed by atoms with Crippen LogP contribution >= 0.6 is 22.9 Å². The predicted octanol–water partition coefficient (Wildman–Crippen LogP) is 5.37. The Hall–Kier alpha value is -3.43. The first-order valence-corrected chi connectivity index (χ1v) is 9.29. The maximum Gasteiger partial charge on any atom is 0.417 e. The number of nitrogens with zero attached hydrogens (tertiary/aromatic N) is 1. The van der Waals surface area contributed by atoms with Crippen molar-refractivity contribution in [3.63, 3.8) is 0 Å². The molecule has 0 spiro atoms. The Morgan fingerprint density at radius 2 is 1.83 bits per heavy atom. The number of esters is 1. The summed E-state index contributed by atoms with van der Waals surface area (Å²) in [5.74, 6) is -0.520. The number of hydrogen-bond acceptors (Lipinski definition) is 7. The fourth-order valence-corrected chi connectivity index (χ4v) is 3.77. The summed E-state index contributed by atoms with van der Waals surface area (Å²) in [4.78, 5) is 35.3. The van der Waals surface area contributed by atoms with Crippen molar-refractivity contribution in [1.82, 2.24) is 0 Å².